The van der Waals surface area contributed by atoms with Gasteiger partial charge in [-0.05, 0) is 57.5 Å². The molecule has 2 aromatic carbocycles. The first kappa shape index (κ1) is 22.2. The molecule has 2 heterocycles. The van der Waals surface area contributed by atoms with Gasteiger partial charge >= 0.3 is 0 Å². The average Bonchev–Trinajstić information content (AvgIpc) is 3.11. The standard InChI is InChI=1S/C23H23N3O4S2/c1-15(2)31(27,28)19-11-7-18(8-12-19)21-13-24-23-22(25-21)17(4)14-26(23)32(29,30)20-9-5-16(3)6-10-20/h5-15H,1-4H3. The van der Waals surface area contributed by atoms with E-state index in [0.717, 1.165) is 9.54 Å². The van der Waals surface area contributed by atoms with Crippen molar-refractivity contribution < 1.29 is 16.8 Å². The summed E-state index contributed by atoms with van der Waals surface area (Å²) < 4.78 is 52.1. The summed E-state index contributed by atoms with van der Waals surface area (Å²) in [5, 5.41) is -0.512. The summed E-state index contributed by atoms with van der Waals surface area (Å²) in [6.45, 7) is 6.95. The first-order valence-electron chi connectivity index (χ1n) is 10.0. The van der Waals surface area contributed by atoms with E-state index in [1.807, 2.05) is 6.92 Å². The molecule has 0 fully saturated rings. The van der Waals surface area contributed by atoms with Crippen molar-refractivity contribution >= 4 is 31.0 Å². The summed E-state index contributed by atoms with van der Waals surface area (Å²) in [5.74, 6) is 0. The maximum Gasteiger partial charge on any atom is 0.269 e. The Hall–Kier alpha value is -3.04. The van der Waals surface area contributed by atoms with Gasteiger partial charge in [-0.25, -0.2) is 30.8 Å². The topological polar surface area (TPSA) is 99.0 Å². The zero-order chi connectivity index (χ0) is 23.3. The molecule has 0 saturated carbocycles. The summed E-state index contributed by atoms with van der Waals surface area (Å²) in [7, 11) is -7.19. The van der Waals surface area contributed by atoms with Crippen molar-refractivity contribution in [3.63, 3.8) is 0 Å². The lowest BCUT2D eigenvalue weighted by Crippen LogP contribution is -2.13. The zero-order valence-corrected chi connectivity index (χ0v) is 19.8. The SMILES string of the molecule is Cc1ccc(S(=O)(=O)n2cc(C)c3nc(-c4ccc(S(=O)(=O)C(C)C)cc4)cnc32)cc1. The van der Waals surface area contributed by atoms with E-state index in [9.17, 15) is 16.8 Å². The van der Waals surface area contributed by atoms with Gasteiger partial charge in [-0.15, -0.1) is 0 Å². The lowest BCUT2D eigenvalue weighted by atomic mass is 10.1. The fourth-order valence-electron chi connectivity index (χ4n) is 3.34. The first-order chi connectivity index (χ1) is 15.0. The van der Waals surface area contributed by atoms with Crippen molar-refractivity contribution in [2.45, 2.75) is 42.7 Å². The molecule has 0 unspecified atom stereocenters. The summed E-state index contributed by atoms with van der Waals surface area (Å²) >= 11 is 0. The molecule has 9 heteroatoms. The van der Waals surface area contributed by atoms with Crippen LogP contribution in [0, 0.1) is 13.8 Å². The Bertz CT molecular complexity index is 1520. The molecular weight excluding hydrogens is 446 g/mol. The van der Waals surface area contributed by atoms with E-state index in [0.29, 0.717) is 22.3 Å². The van der Waals surface area contributed by atoms with E-state index in [-0.39, 0.29) is 15.4 Å². The van der Waals surface area contributed by atoms with Crippen molar-refractivity contribution in [1.82, 2.24) is 13.9 Å². The minimum absolute atomic E-state index is 0.174. The maximum atomic E-state index is 13.2. The van der Waals surface area contributed by atoms with Gasteiger partial charge < -0.3 is 0 Å². The lowest BCUT2D eigenvalue weighted by Gasteiger charge is -2.09. The third-order valence-electron chi connectivity index (χ3n) is 5.32. The molecular formula is C23H23N3O4S2. The molecule has 0 bridgehead atoms. The summed E-state index contributed by atoms with van der Waals surface area (Å²) in [5.41, 5.74) is 3.57. The van der Waals surface area contributed by atoms with Crippen molar-refractivity contribution in [3.05, 3.63) is 72.1 Å². The molecule has 2 aromatic heterocycles. The number of hydrogen-bond donors (Lipinski definition) is 0. The van der Waals surface area contributed by atoms with Crippen molar-refractivity contribution in [2.75, 3.05) is 0 Å². The predicted molar refractivity (Wildman–Crippen MR) is 124 cm³/mol. The van der Waals surface area contributed by atoms with Crippen LogP contribution in [0.2, 0.25) is 0 Å². The van der Waals surface area contributed by atoms with E-state index in [4.69, 9.17) is 0 Å². The lowest BCUT2D eigenvalue weighted by molar-refractivity contribution is 0.586. The third-order valence-corrected chi connectivity index (χ3v) is 9.16. The number of nitrogens with zero attached hydrogens (tertiary/aromatic N) is 3. The molecule has 4 aromatic rings. The van der Waals surface area contributed by atoms with Crippen LogP contribution in [0.4, 0.5) is 0 Å². The van der Waals surface area contributed by atoms with Gasteiger partial charge in [0, 0.05) is 11.8 Å². The Kier molecular flexibility index (Phi) is 5.42. The molecule has 0 atom stereocenters. The van der Waals surface area contributed by atoms with Gasteiger partial charge in [-0.2, -0.15) is 0 Å². The molecule has 0 aliphatic carbocycles. The van der Waals surface area contributed by atoms with Crippen LogP contribution in [0.1, 0.15) is 25.0 Å². The second-order valence-electron chi connectivity index (χ2n) is 7.97. The molecule has 0 amide bonds. The number of aryl methyl sites for hydroxylation is 2. The van der Waals surface area contributed by atoms with Crippen LogP contribution in [-0.4, -0.2) is 36.0 Å². The van der Waals surface area contributed by atoms with Gasteiger partial charge in [0.15, 0.2) is 15.5 Å². The Balaban J connectivity index is 1.77. The number of rotatable bonds is 5. The van der Waals surface area contributed by atoms with Crippen molar-refractivity contribution in [1.29, 1.82) is 0 Å². The molecule has 0 aliphatic heterocycles. The fourth-order valence-corrected chi connectivity index (χ4v) is 5.77. The summed E-state index contributed by atoms with van der Waals surface area (Å²) in [6.07, 6.45) is 3.01. The van der Waals surface area contributed by atoms with E-state index in [2.05, 4.69) is 9.97 Å². The van der Waals surface area contributed by atoms with Crippen LogP contribution in [0.5, 0.6) is 0 Å². The highest BCUT2D eigenvalue weighted by Crippen LogP contribution is 2.27. The average molecular weight is 470 g/mol. The van der Waals surface area contributed by atoms with E-state index in [1.54, 1.807) is 69.3 Å². The molecule has 0 N–H and O–H groups in total. The Labute approximate surface area is 187 Å². The minimum Gasteiger partial charge on any atom is -0.243 e. The molecule has 0 aliphatic rings. The Morgan fingerprint density at radius 2 is 1.44 bits per heavy atom. The molecule has 32 heavy (non-hydrogen) atoms. The highest BCUT2D eigenvalue weighted by molar-refractivity contribution is 7.92. The van der Waals surface area contributed by atoms with Crippen molar-refractivity contribution in [2.24, 2.45) is 0 Å². The number of hydrogen-bond acceptors (Lipinski definition) is 6. The van der Waals surface area contributed by atoms with Gasteiger partial charge in [0.05, 0.1) is 26.9 Å². The number of aromatic nitrogens is 3. The van der Waals surface area contributed by atoms with Crippen LogP contribution < -0.4 is 0 Å². The predicted octanol–water partition coefficient (Wildman–Crippen LogP) is 4.13. The van der Waals surface area contributed by atoms with Crippen LogP contribution in [0.15, 0.2) is 70.7 Å². The van der Waals surface area contributed by atoms with Gasteiger partial charge in [0.25, 0.3) is 10.0 Å². The van der Waals surface area contributed by atoms with Crippen LogP contribution in [-0.2, 0) is 19.9 Å². The van der Waals surface area contributed by atoms with Gasteiger partial charge in [0.1, 0.15) is 5.52 Å². The van der Waals surface area contributed by atoms with Gasteiger partial charge in [0.2, 0.25) is 0 Å². The van der Waals surface area contributed by atoms with E-state index in [1.165, 1.54) is 12.4 Å². The highest BCUT2D eigenvalue weighted by atomic mass is 32.2. The number of sulfone groups is 1. The second-order valence-corrected chi connectivity index (χ2v) is 12.3. The first-order valence-corrected chi connectivity index (χ1v) is 13.0. The molecule has 0 saturated heterocycles. The highest BCUT2D eigenvalue weighted by Gasteiger charge is 2.23. The molecule has 0 radical (unpaired) electrons. The summed E-state index contributed by atoms with van der Waals surface area (Å²) in [4.78, 5) is 9.43. The second kappa shape index (κ2) is 7.83. The smallest absolute Gasteiger partial charge is 0.243 e. The number of fused-ring (bicyclic) bond motifs is 1. The summed E-state index contributed by atoms with van der Waals surface area (Å²) in [6, 6.07) is 13.1. The van der Waals surface area contributed by atoms with E-state index >= 15 is 0 Å². The third kappa shape index (κ3) is 3.71. The maximum absolute atomic E-state index is 13.2. The normalized spacial score (nSPS) is 12.5. The van der Waals surface area contributed by atoms with Gasteiger partial charge in [-0.1, -0.05) is 29.8 Å². The largest absolute Gasteiger partial charge is 0.269 e. The van der Waals surface area contributed by atoms with Gasteiger partial charge in [-0.3, -0.25) is 0 Å². The zero-order valence-electron chi connectivity index (χ0n) is 18.1. The molecule has 4 rings (SSSR count). The quantitative estimate of drug-likeness (QED) is 0.436. The van der Waals surface area contributed by atoms with E-state index < -0.39 is 25.1 Å². The Morgan fingerprint density at radius 3 is 2.03 bits per heavy atom. The van der Waals surface area contributed by atoms with Crippen LogP contribution >= 0.6 is 0 Å². The minimum atomic E-state index is -3.82. The van der Waals surface area contributed by atoms with Crippen molar-refractivity contribution in [3.8, 4) is 11.3 Å². The van der Waals surface area contributed by atoms with Crippen LogP contribution in [0.25, 0.3) is 22.4 Å². The Morgan fingerprint density at radius 1 is 0.844 bits per heavy atom. The monoisotopic (exact) mass is 469 g/mol. The molecule has 7 nitrogen and oxygen atoms in total. The number of benzene rings is 2. The van der Waals surface area contributed by atoms with Crippen LogP contribution in [0.3, 0.4) is 0 Å². The fraction of sp³-hybridized carbons (Fsp3) is 0.217. The molecule has 166 valence electrons. The molecule has 0 spiro atoms.